The molecule has 28 heavy (non-hydrogen) atoms. The van der Waals surface area contributed by atoms with E-state index in [-0.39, 0.29) is 18.2 Å². The second-order valence-corrected chi connectivity index (χ2v) is 8.23. The fourth-order valence-electron chi connectivity index (χ4n) is 4.82. The normalized spacial score (nSPS) is 23.2. The Bertz CT molecular complexity index is 788. The lowest BCUT2D eigenvalue weighted by Gasteiger charge is -2.30. The van der Waals surface area contributed by atoms with Gasteiger partial charge in [-0.2, -0.15) is 5.01 Å². The van der Waals surface area contributed by atoms with Crippen LogP contribution in [0.3, 0.4) is 0 Å². The summed E-state index contributed by atoms with van der Waals surface area (Å²) in [6.45, 7) is 0.569. The molecule has 2 aliphatic carbocycles. The number of carbonyl (C=O) groups is 3. The molecule has 4 rings (SSSR count). The highest BCUT2D eigenvalue weighted by Crippen LogP contribution is 2.35. The molecule has 0 radical (unpaired) electrons. The third-order valence-corrected chi connectivity index (χ3v) is 6.43. The topological polar surface area (TPSA) is 81.8 Å². The number of hydrazine groups is 1. The van der Waals surface area contributed by atoms with E-state index >= 15 is 0 Å². The molecule has 0 aromatic heterocycles. The minimum absolute atomic E-state index is 0.235. The highest BCUT2D eigenvalue weighted by atomic mass is 16.2. The van der Waals surface area contributed by atoms with E-state index in [0.29, 0.717) is 25.4 Å². The van der Waals surface area contributed by atoms with Gasteiger partial charge in [0.25, 0.3) is 5.91 Å². The van der Waals surface area contributed by atoms with E-state index in [1.54, 1.807) is 0 Å². The lowest BCUT2D eigenvalue weighted by atomic mass is 9.82. The Morgan fingerprint density at radius 2 is 2.00 bits per heavy atom. The van der Waals surface area contributed by atoms with Crippen LogP contribution in [0.15, 0.2) is 24.3 Å². The quantitative estimate of drug-likeness (QED) is 0.763. The molecule has 1 heterocycles. The van der Waals surface area contributed by atoms with Gasteiger partial charge in [-0.05, 0) is 43.9 Å². The summed E-state index contributed by atoms with van der Waals surface area (Å²) in [5.74, 6) is -0.627. The summed E-state index contributed by atoms with van der Waals surface area (Å²) in [6, 6.07) is 8.22. The van der Waals surface area contributed by atoms with Gasteiger partial charge in [0.05, 0.1) is 0 Å². The first-order chi connectivity index (χ1) is 13.5. The smallest absolute Gasteiger partial charge is 0.322 e. The lowest BCUT2D eigenvalue weighted by Crippen LogP contribution is -2.51. The standard InChI is InChI=1S/C21H28N4O3/c1-24(17-10-9-15-7-3-4-8-16(15)17)14-11-18(26)23-25-19(27)21(22-20(25)28)12-5-2-6-13-21/h3-4,7-8,17H,2,5-6,9-14H2,1H3,(H,22,28)(H,23,26). The highest BCUT2D eigenvalue weighted by Gasteiger charge is 2.52. The number of aryl methyl sites for hydroxylation is 1. The molecule has 1 saturated heterocycles. The molecule has 7 heteroatoms. The van der Waals surface area contributed by atoms with Crippen molar-refractivity contribution in [1.82, 2.24) is 20.7 Å². The minimum atomic E-state index is -0.813. The van der Waals surface area contributed by atoms with Gasteiger partial charge in [-0.15, -0.1) is 0 Å². The molecule has 1 atom stereocenters. The summed E-state index contributed by atoms with van der Waals surface area (Å²) in [6.07, 6.45) is 6.55. The SMILES string of the molecule is CN(CCC(=O)NN1C(=O)NC2(CCCCC2)C1=O)C1CCc2ccccc21. The first-order valence-corrected chi connectivity index (χ1v) is 10.2. The Morgan fingerprint density at radius 3 is 2.79 bits per heavy atom. The zero-order valence-electron chi connectivity index (χ0n) is 16.4. The number of imide groups is 1. The molecule has 4 amide bonds. The number of carbonyl (C=O) groups excluding carboxylic acids is 3. The Balaban J connectivity index is 1.31. The van der Waals surface area contributed by atoms with Crippen molar-refractivity contribution in [3.63, 3.8) is 0 Å². The van der Waals surface area contributed by atoms with Crippen LogP contribution in [-0.2, 0) is 16.0 Å². The van der Waals surface area contributed by atoms with Crippen molar-refractivity contribution in [2.24, 2.45) is 0 Å². The van der Waals surface area contributed by atoms with Crippen LogP contribution >= 0.6 is 0 Å². The largest absolute Gasteiger partial charge is 0.344 e. The van der Waals surface area contributed by atoms with Crippen LogP contribution in [0.2, 0.25) is 0 Å². The Hall–Kier alpha value is -2.41. The molecule has 1 aromatic carbocycles. The van der Waals surface area contributed by atoms with Crippen molar-refractivity contribution in [2.45, 2.75) is 62.9 Å². The van der Waals surface area contributed by atoms with Gasteiger partial charge < -0.3 is 5.32 Å². The van der Waals surface area contributed by atoms with Crippen LogP contribution in [0.25, 0.3) is 0 Å². The summed E-state index contributed by atoms with van der Waals surface area (Å²) in [7, 11) is 2.02. The molecule has 1 unspecified atom stereocenters. The third-order valence-electron chi connectivity index (χ3n) is 6.43. The number of hydrogen-bond acceptors (Lipinski definition) is 4. The zero-order valence-corrected chi connectivity index (χ0v) is 16.4. The molecule has 0 bridgehead atoms. The number of rotatable bonds is 5. The van der Waals surface area contributed by atoms with Crippen LogP contribution < -0.4 is 10.7 Å². The van der Waals surface area contributed by atoms with Crippen LogP contribution in [0, 0.1) is 0 Å². The minimum Gasteiger partial charge on any atom is -0.322 e. The molecule has 2 N–H and O–H groups in total. The van der Waals surface area contributed by atoms with Crippen molar-refractivity contribution < 1.29 is 14.4 Å². The van der Waals surface area contributed by atoms with E-state index in [2.05, 4.69) is 39.9 Å². The number of benzene rings is 1. The fourth-order valence-corrected chi connectivity index (χ4v) is 4.82. The average molecular weight is 384 g/mol. The summed E-state index contributed by atoms with van der Waals surface area (Å²) >= 11 is 0. The molecule has 1 spiro atoms. The van der Waals surface area contributed by atoms with Crippen molar-refractivity contribution in [3.8, 4) is 0 Å². The maximum Gasteiger partial charge on any atom is 0.344 e. The fraction of sp³-hybridized carbons (Fsp3) is 0.571. The van der Waals surface area contributed by atoms with Gasteiger partial charge in [-0.3, -0.25) is 19.9 Å². The first kappa shape index (κ1) is 18.9. The van der Waals surface area contributed by atoms with Gasteiger partial charge in [0.15, 0.2) is 0 Å². The van der Waals surface area contributed by atoms with E-state index in [9.17, 15) is 14.4 Å². The van der Waals surface area contributed by atoms with Gasteiger partial charge in [0.1, 0.15) is 5.54 Å². The molecule has 7 nitrogen and oxygen atoms in total. The monoisotopic (exact) mass is 384 g/mol. The summed E-state index contributed by atoms with van der Waals surface area (Å²) < 4.78 is 0. The number of hydrogen-bond donors (Lipinski definition) is 2. The van der Waals surface area contributed by atoms with Crippen LogP contribution in [0.5, 0.6) is 0 Å². The van der Waals surface area contributed by atoms with Gasteiger partial charge in [-0.1, -0.05) is 43.5 Å². The Labute approximate surface area is 165 Å². The van der Waals surface area contributed by atoms with E-state index in [1.165, 1.54) is 11.1 Å². The van der Waals surface area contributed by atoms with Gasteiger partial charge >= 0.3 is 6.03 Å². The van der Waals surface area contributed by atoms with Crippen molar-refractivity contribution in [2.75, 3.05) is 13.6 Å². The molecular weight excluding hydrogens is 356 g/mol. The Kier molecular flexibility index (Phi) is 5.10. The first-order valence-electron chi connectivity index (χ1n) is 10.2. The van der Waals surface area contributed by atoms with Crippen LogP contribution in [-0.4, -0.2) is 46.9 Å². The lowest BCUT2D eigenvalue weighted by molar-refractivity contribution is -0.140. The second kappa shape index (κ2) is 7.54. The molecule has 2 fully saturated rings. The number of urea groups is 1. The van der Waals surface area contributed by atoms with Crippen molar-refractivity contribution in [1.29, 1.82) is 0 Å². The van der Waals surface area contributed by atoms with Gasteiger partial charge in [-0.25, -0.2) is 4.79 Å². The van der Waals surface area contributed by atoms with E-state index in [1.807, 2.05) is 7.05 Å². The second-order valence-electron chi connectivity index (χ2n) is 8.23. The molecule has 150 valence electrons. The molecule has 1 aromatic rings. The van der Waals surface area contributed by atoms with Crippen LogP contribution in [0.1, 0.15) is 62.1 Å². The predicted molar refractivity (Wildman–Crippen MR) is 104 cm³/mol. The Morgan fingerprint density at radius 1 is 1.25 bits per heavy atom. The maximum absolute atomic E-state index is 12.7. The predicted octanol–water partition coefficient (Wildman–Crippen LogP) is 2.28. The number of amides is 4. The van der Waals surface area contributed by atoms with Crippen molar-refractivity contribution in [3.05, 3.63) is 35.4 Å². The number of nitrogens with one attached hydrogen (secondary N) is 2. The molecular formula is C21H28N4O3. The maximum atomic E-state index is 12.7. The average Bonchev–Trinajstić information content (AvgIpc) is 3.22. The van der Waals surface area contributed by atoms with E-state index in [4.69, 9.17) is 0 Å². The van der Waals surface area contributed by atoms with Crippen molar-refractivity contribution >= 4 is 17.8 Å². The van der Waals surface area contributed by atoms with Gasteiger partial charge in [0.2, 0.25) is 5.91 Å². The van der Waals surface area contributed by atoms with E-state index < -0.39 is 11.6 Å². The van der Waals surface area contributed by atoms with E-state index in [0.717, 1.165) is 37.1 Å². The highest BCUT2D eigenvalue weighted by molar-refractivity contribution is 6.08. The summed E-state index contributed by atoms with van der Waals surface area (Å²) in [4.78, 5) is 39.6. The van der Waals surface area contributed by atoms with Crippen LogP contribution in [0.4, 0.5) is 4.79 Å². The molecule has 1 saturated carbocycles. The number of fused-ring (bicyclic) bond motifs is 1. The zero-order chi connectivity index (χ0) is 19.7. The summed E-state index contributed by atoms with van der Waals surface area (Å²) in [5, 5.41) is 3.69. The third kappa shape index (κ3) is 3.39. The molecule has 1 aliphatic heterocycles. The molecule has 3 aliphatic rings. The number of nitrogens with zero attached hydrogens (tertiary/aromatic N) is 2. The van der Waals surface area contributed by atoms with Gasteiger partial charge in [0, 0.05) is 19.0 Å². The summed E-state index contributed by atoms with van der Waals surface area (Å²) in [5.41, 5.74) is 4.42.